The fourth-order valence-electron chi connectivity index (χ4n) is 1.35. The molecule has 2 rings (SSSR count). The molecule has 0 unspecified atom stereocenters. The van der Waals surface area contributed by atoms with Crippen LogP contribution in [0.1, 0.15) is 5.56 Å². The van der Waals surface area contributed by atoms with Gasteiger partial charge in [-0.3, -0.25) is 9.97 Å². The molecule has 0 bridgehead atoms. The normalized spacial score (nSPS) is 10.1. The van der Waals surface area contributed by atoms with Crippen LogP contribution in [-0.2, 0) is 0 Å². The molecule has 0 saturated heterocycles. The van der Waals surface area contributed by atoms with Gasteiger partial charge in [0.25, 0.3) is 0 Å². The summed E-state index contributed by atoms with van der Waals surface area (Å²) < 4.78 is 0. The molecule has 0 aliphatic heterocycles. The first kappa shape index (κ1) is 8.69. The fourth-order valence-corrected chi connectivity index (χ4v) is 1.35. The third-order valence-electron chi connectivity index (χ3n) is 2.08. The largest absolute Gasteiger partial charge is 0.399 e. The number of pyridine rings is 2. The maximum Gasteiger partial charge on any atom is 0.0726 e. The zero-order chi connectivity index (χ0) is 9.97. The summed E-state index contributed by atoms with van der Waals surface area (Å²) in [6.07, 6.45) is 5.29. The molecule has 0 aliphatic rings. The zero-order valence-corrected chi connectivity index (χ0v) is 7.94. The minimum absolute atomic E-state index is 0.728. The first-order valence-corrected chi connectivity index (χ1v) is 4.40. The number of nitrogens with zero attached hydrogens (tertiary/aromatic N) is 2. The smallest absolute Gasteiger partial charge is 0.0726 e. The Morgan fingerprint density at radius 2 is 2.07 bits per heavy atom. The second kappa shape index (κ2) is 3.46. The van der Waals surface area contributed by atoms with Crippen LogP contribution in [0.4, 0.5) is 5.69 Å². The molecule has 3 heteroatoms. The molecule has 14 heavy (non-hydrogen) atoms. The molecule has 0 saturated carbocycles. The van der Waals surface area contributed by atoms with E-state index in [0.29, 0.717) is 0 Å². The van der Waals surface area contributed by atoms with Crippen molar-refractivity contribution in [2.24, 2.45) is 0 Å². The van der Waals surface area contributed by atoms with E-state index in [1.165, 1.54) is 0 Å². The minimum atomic E-state index is 0.728. The van der Waals surface area contributed by atoms with Crippen LogP contribution in [0.2, 0.25) is 0 Å². The van der Waals surface area contributed by atoms with Crippen molar-refractivity contribution in [3.05, 3.63) is 42.4 Å². The first-order chi connectivity index (χ1) is 6.77. The lowest BCUT2D eigenvalue weighted by Crippen LogP contribution is -1.90. The van der Waals surface area contributed by atoms with Crippen LogP contribution in [-0.4, -0.2) is 9.97 Å². The van der Waals surface area contributed by atoms with Gasteiger partial charge in [0.05, 0.1) is 5.69 Å². The van der Waals surface area contributed by atoms with E-state index in [2.05, 4.69) is 9.97 Å². The van der Waals surface area contributed by atoms with Gasteiger partial charge in [0.1, 0.15) is 0 Å². The van der Waals surface area contributed by atoms with Gasteiger partial charge in [0.2, 0.25) is 0 Å². The van der Waals surface area contributed by atoms with E-state index in [4.69, 9.17) is 5.73 Å². The number of rotatable bonds is 1. The Kier molecular flexibility index (Phi) is 2.14. The molecule has 2 N–H and O–H groups in total. The lowest BCUT2D eigenvalue weighted by atomic mass is 10.1. The average Bonchev–Trinajstić information content (AvgIpc) is 2.18. The molecule has 2 heterocycles. The van der Waals surface area contributed by atoms with E-state index >= 15 is 0 Å². The monoisotopic (exact) mass is 185 g/mol. The molecule has 3 nitrogen and oxygen atoms in total. The van der Waals surface area contributed by atoms with Gasteiger partial charge in [0, 0.05) is 29.8 Å². The molecule has 0 fully saturated rings. The van der Waals surface area contributed by atoms with Gasteiger partial charge in [-0.1, -0.05) is 0 Å². The highest BCUT2D eigenvalue weighted by Crippen LogP contribution is 2.21. The first-order valence-electron chi connectivity index (χ1n) is 4.40. The van der Waals surface area contributed by atoms with Gasteiger partial charge < -0.3 is 5.73 Å². The summed E-state index contributed by atoms with van der Waals surface area (Å²) in [4.78, 5) is 8.30. The van der Waals surface area contributed by atoms with E-state index in [-0.39, 0.29) is 0 Å². The van der Waals surface area contributed by atoms with Crippen molar-refractivity contribution in [3.8, 4) is 11.3 Å². The highest BCUT2D eigenvalue weighted by molar-refractivity contribution is 5.65. The third kappa shape index (κ3) is 1.57. The van der Waals surface area contributed by atoms with Crippen LogP contribution >= 0.6 is 0 Å². The molecular weight excluding hydrogens is 174 g/mol. The Balaban J connectivity index is 2.55. The van der Waals surface area contributed by atoms with Crippen LogP contribution in [0.3, 0.4) is 0 Å². The van der Waals surface area contributed by atoms with E-state index in [1.807, 2.05) is 25.3 Å². The van der Waals surface area contributed by atoms with Crippen molar-refractivity contribution < 1.29 is 0 Å². The topological polar surface area (TPSA) is 51.8 Å². The fraction of sp³-hybridized carbons (Fsp3) is 0.0909. The molecule has 0 atom stereocenters. The van der Waals surface area contributed by atoms with Crippen molar-refractivity contribution in [3.63, 3.8) is 0 Å². The van der Waals surface area contributed by atoms with Crippen molar-refractivity contribution >= 4 is 5.69 Å². The highest BCUT2D eigenvalue weighted by Gasteiger charge is 2.02. The maximum absolute atomic E-state index is 5.69. The van der Waals surface area contributed by atoms with Gasteiger partial charge in [-0.25, -0.2) is 0 Å². The van der Waals surface area contributed by atoms with Gasteiger partial charge in [-0.15, -0.1) is 0 Å². The molecule has 0 amide bonds. The summed E-state index contributed by atoms with van der Waals surface area (Å²) in [6.45, 7) is 2.01. The van der Waals surface area contributed by atoms with Crippen LogP contribution in [0.25, 0.3) is 11.3 Å². The number of hydrogen-bond donors (Lipinski definition) is 1. The van der Waals surface area contributed by atoms with Gasteiger partial charge >= 0.3 is 0 Å². The molecule has 0 aliphatic carbocycles. The minimum Gasteiger partial charge on any atom is -0.399 e. The molecule has 0 aromatic carbocycles. The van der Waals surface area contributed by atoms with Crippen molar-refractivity contribution in [2.75, 3.05) is 5.73 Å². The highest BCUT2D eigenvalue weighted by atomic mass is 14.7. The van der Waals surface area contributed by atoms with Gasteiger partial charge in [-0.2, -0.15) is 0 Å². The van der Waals surface area contributed by atoms with E-state index in [1.54, 1.807) is 18.5 Å². The molecule has 70 valence electrons. The molecule has 2 aromatic rings. The number of aromatic nitrogens is 2. The average molecular weight is 185 g/mol. The number of anilines is 1. The summed E-state index contributed by atoms with van der Waals surface area (Å²) in [6, 6.07) is 5.58. The van der Waals surface area contributed by atoms with Crippen LogP contribution in [0, 0.1) is 6.92 Å². The molecule has 0 radical (unpaired) electrons. The van der Waals surface area contributed by atoms with Crippen molar-refractivity contribution in [2.45, 2.75) is 6.92 Å². The van der Waals surface area contributed by atoms with Gasteiger partial charge in [0.15, 0.2) is 0 Å². The third-order valence-corrected chi connectivity index (χ3v) is 2.08. The van der Waals surface area contributed by atoms with Crippen molar-refractivity contribution in [1.29, 1.82) is 0 Å². The Labute approximate surface area is 82.6 Å². The summed E-state index contributed by atoms with van der Waals surface area (Å²) in [5, 5.41) is 0. The number of nitrogens with two attached hydrogens (primary N) is 1. The predicted octanol–water partition coefficient (Wildman–Crippen LogP) is 2.03. The molecule has 0 spiro atoms. The summed E-state index contributed by atoms with van der Waals surface area (Å²) >= 11 is 0. The number of hydrogen-bond acceptors (Lipinski definition) is 3. The van der Waals surface area contributed by atoms with Crippen LogP contribution in [0.5, 0.6) is 0 Å². The SMILES string of the molecule is Cc1cnccc1-c1cc(N)ccn1. The molecule has 2 aromatic heterocycles. The lowest BCUT2D eigenvalue weighted by molar-refractivity contribution is 1.24. The van der Waals surface area contributed by atoms with E-state index in [9.17, 15) is 0 Å². The summed E-state index contributed by atoms with van der Waals surface area (Å²) in [5.41, 5.74) is 9.49. The quantitative estimate of drug-likeness (QED) is 0.739. The van der Waals surface area contributed by atoms with E-state index < -0.39 is 0 Å². The van der Waals surface area contributed by atoms with Crippen molar-refractivity contribution in [1.82, 2.24) is 9.97 Å². The standard InChI is InChI=1S/C11H11N3/c1-8-7-13-4-3-10(8)11-6-9(12)2-5-14-11/h2-7H,1H3,(H2,12,14). The lowest BCUT2D eigenvalue weighted by Gasteiger charge is -2.04. The number of nitrogen functional groups attached to an aromatic ring is 1. The predicted molar refractivity (Wildman–Crippen MR) is 56.6 cm³/mol. The Hall–Kier alpha value is -1.90. The van der Waals surface area contributed by atoms with Gasteiger partial charge in [-0.05, 0) is 30.7 Å². The zero-order valence-electron chi connectivity index (χ0n) is 7.94. The Bertz CT molecular complexity index is 452. The second-order valence-electron chi connectivity index (χ2n) is 3.17. The Morgan fingerprint density at radius 1 is 1.21 bits per heavy atom. The van der Waals surface area contributed by atoms with Crippen LogP contribution in [0.15, 0.2) is 36.8 Å². The van der Waals surface area contributed by atoms with E-state index in [0.717, 1.165) is 22.5 Å². The van der Waals surface area contributed by atoms with Crippen LogP contribution < -0.4 is 5.73 Å². The summed E-state index contributed by atoms with van der Waals surface area (Å²) in [5.74, 6) is 0. The number of aryl methyl sites for hydroxylation is 1. The second-order valence-corrected chi connectivity index (χ2v) is 3.17. The Morgan fingerprint density at radius 3 is 2.79 bits per heavy atom. The molecular formula is C11H11N3. The maximum atomic E-state index is 5.69. The summed E-state index contributed by atoms with van der Waals surface area (Å²) in [7, 11) is 0.